The quantitative estimate of drug-likeness (QED) is 0.0271. The molecular formula is C40H74N2O6P+. The molecule has 3 atom stereocenters. The van der Waals surface area contributed by atoms with Gasteiger partial charge in [-0.1, -0.05) is 120 Å². The van der Waals surface area contributed by atoms with Gasteiger partial charge in [-0.3, -0.25) is 13.8 Å². The van der Waals surface area contributed by atoms with E-state index in [0.29, 0.717) is 17.4 Å². The molecule has 9 heteroatoms. The number of hydrogen-bond donors (Lipinski definition) is 3. The summed E-state index contributed by atoms with van der Waals surface area (Å²) in [6.07, 6.45) is 40.0. The van der Waals surface area contributed by atoms with Gasteiger partial charge in [0.05, 0.1) is 39.9 Å². The van der Waals surface area contributed by atoms with Gasteiger partial charge >= 0.3 is 7.82 Å². The molecule has 0 bridgehead atoms. The van der Waals surface area contributed by atoms with E-state index in [4.69, 9.17) is 9.05 Å². The van der Waals surface area contributed by atoms with Crippen LogP contribution in [0, 0.1) is 0 Å². The maximum absolute atomic E-state index is 12.8. The molecule has 0 aromatic carbocycles. The summed E-state index contributed by atoms with van der Waals surface area (Å²) in [5, 5.41) is 13.7. The topological polar surface area (TPSA) is 105 Å². The maximum atomic E-state index is 12.8. The second-order valence-corrected chi connectivity index (χ2v) is 15.4. The molecule has 0 radical (unpaired) electrons. The van der Waals surface area contributed by atoms with Crippen molar-refractivity contribution in [2.75, 3.05) is 40.9 Å². The molecule has 0 saturated carbocycles. The fourth-order valence-electron chi connectivity index (χ4n) is 4.79. The van der Waals surface area contributed by atoms with Gasteiger partial charge in [0.15, 0.2) is 0 Å². The molecule has 1 amide bonds. The summed E-state index contributed by atoms with van der Waals surface area (Å²) in [5.74, 6) is -0.211. The molecule has 284 valence electrons. The summed E-state index contributed by atoms with van der Waals surface area (Å²) in [5.41, 5.74) is 0. The van der Waals surface area contributed by atoms with Crippen molar-refractivity contribution in [2.24, 2.45) is 0 Å². The molecule has 8 nitrogen and oxygen atoms in total. The fourth-order valence-corrected chi connectivity index (χ4v) is 5.53. The Morgan fingerprint density at radius 3 is 1.82 bits per heavy atom. The van der Waals surface area contributed by atoms with Crippen molar-refractivity contribution in [3.63, 3.8) is 0 Å². The molecule has 0 aliphatic carbocycles. The Labute approximate surface area is 301 Å². The summed E-state index contributed by atoms with van der Waals surface area (Å²) in [6, 6.07) is -0.876. The lowest BCUT2D eigenvalue weighted by molar-refractivity contribution is -0.870. The molecule has 0 heterocycles. The summed E-state index contributed by atoms with van der Waals surface area (Å²) in [7, 11) is 1.52. The number of phosphoric acid groups is 1. The number of amides is 1. The summed E-state index contributed by atoms with van der Waals surface area (Å²) in [4.78, 5) is 23.0. The Bertz CT molecular complexity index is 986. The standard InChI is InChI=1S/C40H73N2O6P/c1-6-8-10-12-14-16-18-20-21-22-24-26-28-30-32-34-40(44)41-38(37-48-49(45,46)47-36-35-42(3,4)5)39(43)33-31-29-27-25-23-19-17-15-13-11-9-7-2/h13-16,20-21,23,25,31,33,38-39,43H,6-12,17-19,22,24,26-30,32,34-37H2,1-5H3,(H-,41,44,45,46)/p+1/b15-13+,16-14-,21-20-,25-23+,33-31+. The first-order chi connectivity index (χ1) is 23.5. The Hall–Kier alpha value is -1.80. The van der Waals surface area contributed by atoms with Crippen LogP contribution < -0.4 is 5.32 Å². The average molecular weight is 710 g/mol. The lowest BCUT2D eigenvalue weighted by Crippen LogP contribution is -2.45. The first-order valence-electron chi connectivity index (χ1n) is 19.2. The summed E-state index contributed by atoms with van der Waals surface area (Å²) in [6.45, 7) is 4.66. The van der Waals surface area contributed by atoms with Gasteiger partial charge in [0.2, 0.25) is 5.91 Å². The number of carbonyl (C=O) groups is 1. The van der Waals surface area contributed by atoms with Crippen molar-refractivity contribution >= 4 is 13.7 Å². The van der Waals surface area contributed by atoms with Crippen molar-refractivity contribution in [2.45, 2.75) is 148 Å². The number of phosphoric ester groups is 1. The Morgan fingerprint density at radius 1 is 0.694 bits per heavy atom. The van der Waals surface area contributed by atoms with Gasteiger partial charge in [-0.05, 0) is 70.6 Å². The number of aliphatic hydroxyl groups excluding tert-OH is 1. The lowest BCUT2D eigenvalue weighted by atomic mass is 10.1. The molecule has 0 fully saturated rings. The van der Waals surface area contributed by atoms with Crippen LogP contribution in [0.3, 0.4) is 0 Å². The van der Waals surface area contributed by atoms with Gasteiger partial charge < -0.3 is 19.8 Å². The van der Waals surface area contributed by atoms with Crippen LogP contribution in [0.15, 0.2) is 60.8 Å². The predicted molar refractivity (Wildman–Crippen MR) is 207 cm³/mol. The molecule has 0 aliphatic rings. The minimum Gasteiger partial charge on any atom is -0.387 e. The summed E-state index contributed by atoms with van der Waals surface area (Å²) >= 11 is 0. The molecular weight excluding hydrogens is 635 g/mol. The van der Waals surface area contributed by atoms with Crippen molar-refractivity contribution in [3.8, 4) is 0 Å². The number of allylic oxidation sites excluding steroid dienone is 9. The molecule has 0 rings (SSSR count). The third kappa shape index (κ3) is 34.4. The number of likely N-dealkylation sites (N-methyl/N-ethyl adjacent to an activating group) is 1. The van der Waals surface area contributed by atoms with Crippen LogP contribution in [-0.4, -0.2) is 73.4 Å². The van der Waals surface area contributed by atoms with Crippen molar-refractivity contribution in [3.05, 3.63) is 60.8 Å². The number of nitrogens with zero attached hydrogens (tertiary/aromatic N) is 1. The predicted octanol–water partition coefficient (Wildman–Crippen LogP) is 9.90. The van der Waals surface area contributed by atoms with Gasteiger partial charge in [-0.2, -0.15) is 0 Å². The van der Waals surface area contributed by atoms with Crippen LogP contribution in [0.5, 0.6) is 0 Å². The van der Waals surface area contributed by atoms with E-state index in [-0.39, 0.29) is 19.1 Å². The monoisotopic (exact) mass is 710 g/mol. The minimum absolute atomic E-state index is 0.0479. The molecule has 3 unspecified atom stereocenters. The molecule has 49 heavy (non-hydrogen) atoms. The highest BCUT2D eigenvalue weighted by Gasteiger charge is 2.27. The number of nitrogens with one attached hydrogen (secondary N) is 1. The number of unbranched alkanes of at least 4 members (excludes halogenated alkanes) is 12. The van der Waals surface area contributed by atoms with Crippen molar-refractivity contribution in [1.29, 1.82) is 0 Å². The number of rotatable bonds is 33. The summed E-state index contributed by atoms with van der Waals surface area (Å²) < 4.78 is 23.4. The van der Waals surface area contributed by atoms with Crippen LogP contribution in [0.4, 0.5) is 0 Å². The molecule has 3 N–H and O–H groups in total. The lowest BCUT2D eigenvalue weighted by Gasteiger charge is -2.25. The van der Waals surface area contributed by atoms with Crippen LogP contribution >= 0.6 is 7.82 Å². The van der Waals surface area contributed by atoms with Crippen LogP contribution in [0.1, 0.15) is 136 Å². The van der Waals surface area contributed by atoms with E-state index in [2.05, 4.69) is 67.8 Å². The molecule has 0 saturated heterocycles. The molecule has 0 spiro atoms. The first kappa shape index (κ1) is 47.2. The number of carbonyl (C=O) groups excluding carboxylic acids is 1. The molecule has 0 aliphatic heterocycles. The Kier molecular flexibility index (Phi) is 31.0. The molecule has 0 aromatic heterocycles. The van der Waals surface area contributed by atoms with Gasteiger partial charge in [-0.25, -0.2) is 4.57 Å². The second kappa shape index (κ2) is 32.1. The van der Waals surface area contributed by atoms with Crippen molar-refractivity contribution < 1.29 is 32.9 Å². The van der Waals surface area contributed by atoms with Gasteiger partial charge in [0.1, 0.15) is 13.2 Å². The Morgan fingerprint density at radius 2 is 1.20 bits per heavy atom. The Balaban J connectivity index is 4.63. The first-order valence-corrected chi connectivity index (χ1v) is 20.7. The average Bonchev–Trinajstić information content (AvgIpc) is 3.04. The van der Waals surface area contributed by atoms with Gasteiger partial charge in [0, 0.05) is 6.42 Å². The van der Waals surface area contributed by atoms with Crippen LogP contribution in [0.2, 0.25) is 0 Å². The number of hydrogen-bond acceptors (Lipinski definition) is 5. The maximum Gasteiger partial charge on any atom is 0.472 e. The zero-order chi connectivity index (χ0) is 36.5. The van der Waals surface area contributed by atoms with E-state index in [0.717, 1.165) is 77.0 Å². The highest BCUT2D eigenvalue weighted by atomic mass is 31.2. The van der Waals surface area contributed by atoms with Crippen LogP contribution in [-0.2, 0) is 18.4 Å². The third-order valence-corrected chi connectivity index (χ3v) is 8.92. The van der Waals surface area contributed by atoms with E-state index >= 15 is 0 Å². The van der Waals surface area contributed by atoms with E-state index in [1.54, 1.807) is 6.08 Å². The van der Waals surface area contributed by atoms with Gasteiger partial charge in [0.25, 0.3) is 0 Å². The van der Waals surface area contributed by atoms with E-state index < -0.39 is 20.0 Å². The zero-order valence-electron chi connectivity index (χ0n) is 31.9. The van der Waals surface area contributed by atoms with E-state index in [1.165, 1.54) is 38.5 Å². The normalized spacial score (nSPS) is 15.3. The highest BCUT2D eigenvalue weighted by Crippen LogP contribution is 2.43. The van der Waals surface area contributed by atoms with E-state index in [9.17, 15) is 19.4 Å². The highest BCUT2D eigenvalue weighted by molar-refractivity contribution is 7.47. The van der Waals surface area contributed by atoms with Crippen LogP contribution in [0.25, 0.3) is 0 Å². The zero-order valence-corrected chi connectivity index (χ0v) is 32.8. The SMILES string of the molecule is CCCC/C=C/CC/C=C/CC/C=C/C(O)C(COP(=O)(O)OCC[N+](C)(C)C)NC(=O)CCCCCCC/C=C\C/C=C\CCCCC. The van der Waals surface area contributed by atoms with Gasteiger partial charge in [-0.15, -0.1) is 0 Å². The second-order valence-electron chi connectivity index (χ2n) is 13.9. The number of quaternary nitrogens is 1. The smallest absolute Gasteiger partial charge is 0.387 e. The fraction of sp³-hybridized carbons (Fsp3) is 0.725. The molecule has 0 aromatic rings. The largest absolute Gasteiger partial charge is 0.472 e. The van der Waals surface area contributed by atoms with Crippen molar-refractivity contribution in [1.82, 2.24) is 5.32 Å². The number of aliphatic hydroxyl groups is 1. The van der Waals surface area contributed by atoms with E-state index in [1.807, 2.05) is 27.2 Å². The minimum atomic E-state index is -4.35. The third-order valence-electron chi connectivity index (χ3n) is 7.94.